The molecule has 0 spiro atoms. The Kier molecular flexibility index (Phi) is 5.28. The highest BCUT2D eigenvalue weighted by Crippen LogP contribution is 2.18. The molecule has 2 fully saturated rings. The SMILES string of the molecule is O=C(NC1CCCCC1)C1COC(=O)C(Cc2ccccc2)N1. The number of nitrogens with one attached hydrogen (secondary N) is 2. The number of hydrogen-bond acceptors (Lipinski definition) is 4. The summed E-state index contributed by atoms with van der Waals surface area (Å²) in [6, 6.07) is 9.12. The average molecular weight is 316 g/mol. The summed E-state index contributed by atoms with van der Waals surface area (Å²) in [4.78, 5) is 24.3. The van der Waals surface area contributed by atoms with E-state index in [1.807, 2.05) is 30.3 Å². The van der Waals surface area contributed by atoms with Gasteiger partial charge in [0, 0.05) is 6.04 Å². The quantitative estimate of drug-likeness (QED) is 0.827. The Morgan fingerprint density at radius 1 is 1.17 bits per heavy atom. The van der Waals surface area contributed by atoms with Crippen molar-refractivity contribution in [1.82, 2.24) is 10.6 Å². The average Bonchev–Trinajstić information content (AvgIpc) is 2.58. The van der Waals surface area contributed by atoms with E-state index in [1.165, 1.54) is 19.3 Å². The van der Waals surface area contributed by atoms with Gasteiger partial charge in [0.25, 0.3) is 0 Å². The number of morpholine rings is 1. The van der Waals surface area contributed by atoms with E-state index in [0.29, 0.717) is 6.42 Å². The summed E-state index contributed by atoms with van der Waals surface area (Å²) in [7, 11) is 0. The van der Waals surface area contributed by atoms with Crippen molar-refractivity contribution in [3.05, 3.63) is 35.9 Å². The molecule has 1 aromatic rings. The smallest absolute Gasteiger partial charge is 0.323 e. The molecule has 0 aromatic heterocycles. The second kappa shape index (κ2) is 7.59. The van der Waals surface area contributed by atoms with Gasteiger partial charge < -0.3 is 10.1 Å². The van der Waals surface area contributed by atoms with Gasteiger partial charge in [-0.3, -0.25) is 14.9 Å². The summed E-state index contributed by atoms with van der Waals surface area (Å²) < 4.78 is 5.22. The molecule has 3 rings (SSSR count). The van der Waals surface area contributed by atoms with Gasteiger partial charge in [-0.05, 0) is 24.8 Å². The Hall–Kier alpha value is -1.88. The van der Waals surface area contributed by atoms with Gasteiger partial charge in [-0.15, -0.1) is 0 Å². The van der Waals surface area contributed by atoms with Gasteiger partial charge in [-0.25, -0.2) is 0 Å². The molecule has 2 N–H and O–H groups in total. The van der Waals surface area contributed by atoms with Gasteiger partial charge >= 0.3 is 5.97 Å². The van der Waals surface area contributed by atoms with Crippen molar-refractivity contribution in [2.75, 3.05) is 6.61 Å². The summed E-state index contributed by atoms with van der Waals surface area (Å²) in [5, 5.41) is 6.25. The summed E-state index contributed by atoms with van der Waals surface area (Å²) in [6.45, 7) is 0.114. The van der Waals surface area contributed by atoms with Gasteiger partial charge in [0.2, 0.25) is 5.91 Å². The summed E-state index contributed by atoms with van der Waals surface area (Å²) in [5.74, 6) is -0.335. The monoisotopic (exact) mass is 316 g/mol. The number of amides is 1. The molecule has 0 radical (unpaired) electrons. The first-order valence-electron chi connectivity index (χ1n) is 8.49. The van der Waals surface area contributed by atoms with Crippen LogP contribution in [0.2, 0.25) is 0 Å². The lowest BCUT2D eigenvalue weighted by atomic mass is 9.95. The third-order valence-corrected chi connectivity index (χ3v) is 4.63. The van der Waals surface area contributed by atoms with Crippen LogP contribution < -0.4 is 10.6 Å². The number of hydrogen-bond donors (Lipinski definition) is 2. The van der Waals surface area contributed by atoms with Gasteiger partial charge in [-0.1, -0.05) is 49.6 Å². The molecule has 1 amide bonds. The second-order valence-corrected chi connectivity index (χ2v) is 6.44. The van der Waals surface area contributed by atoms with Crippen LogP contribution >= 0.6 is 0 Å². The molecule has 1 aliphatic heterocycles. The molecular formula is C18H24N2O3. The number of cyclic esters (lactones) is 1. The van der Waals surface area contributed by atoms with Crippen molar-refractivity contribution in [3.63, 3.8) is 0 Å². The van der Waals surface area contributed by atoms with Crippen LogP contribution in [0.1, 0.15) is 37.7 Å². The van der Waals surface area contributed by atoms with Crippen molar-refractivity contribution in [3.8, 4) is 0 Å². The molecule has 124 valence electrons. The van der Waals surface area contributed by atoms with Crippen molar-refractivity contribution in [2.24, 2.45) is 0 Å². The molecule has 1 saturated heterocycles. The van der Waals surface area contributed by atoms with E-state index in [1.54, 1.807) is 0 Å². The third-order valence-electron chi connectivity index (χ3n) is 4.63. The first-order valence-corrected chi connectivity index (χ1v) is 8.49. The summed E-state index contributed by atoms with van der Waals surface area (Å²) in [5.41, 5.74) is 1.05. The van der Waals surface area contributed by atoms with E-state index in [-0.39, 0.29) is 24.5 Å². The molecular weight excluding hydrogens is 292 g/mol. The molecule has 2 unspecified atom stereocenters. The van der Waals surface area contributed by atoms with Crippen molar-refractivity contribution < 1.29 is 14.3 Å². The topological polar surface area (TPSA) is 67.4 Å². The van der Waals surface area contributed by atoms with Crippen LogP contribution in [0.5, 0.6) is 0 Å². The van der Waals surface area contributed by atoms with E-state index in [2.05, 4.69) is 10.6 Å². The van der Waals surface area contributed by atoms with E-state index in [9.17, 15) is 9.59 Å². The highest BCUT2D eigenvalue weighted by Gasteiger charge is 2.34. The van der Waals surface area contributed by atoms with E-state index in [4.69, 9.17) is 4.74 Å². The molecule has 2 atom stereocenters. The van der Waals surface area contributed by atoms with Gasteiger partial charge in [0.05, 0.1) is 0 Å². The number of benzene rings is 1. The predicted molar refractivity (Wildman–Crippen MR) is 86.8 cm³/mol. The zero-order valence-electron chi connectivity index (χ0n) is 13.3. The van der Waals surface area contributed by atoms with Gasteiger partial charge in [-0.2, -0.15) is 0 Å². The minimum Gasteiger partial charge on any atom is -0.462 e. The summed E-state index contributed by atoms with van der Waals surface area (Å²) in [6.07, 6.45) is 6.23. The fraction of sp³-hybridized carbons (Fsp3) is 0.556. The lowest BCUT2D eigenvalue weighted by Gasteiger charge is -2.31. The summed E-state index contributed by atoms with van der Waals surface area (Å²) >= 11 is 0. The maximum Gasteiger partial charge on any atom is 0.323 e. The molecule has 1 aliphatic carbocycles. The van der Waals surface area contributed by atoms with Crippen LogP contribution in [0.4, 0.5) is 0 Å². The highest BCUT2D eigenvalue weighted by molar-refractivity contribution is 5.86. The number of esters is 1. The fourth-order valence-corrected chi connectivity index (χ4v) is 3.32. The first kappa shape index (κ1) is 16.0. The second-order valence-electron chi connectivity index (χ2n) is 6.44. The predicted octanol–water partition coefficient (Wildman–Crippen LogP) is 1.56. The van der Waals surface area contributed by atoms with Gasteiger partial charge in [0.15, 0.2) is 0 Å². The molecule has 5 heteroatoms. The Bertz CT molecular complexity index is 540. The minimum atomic E-state index is -0.465. The number of carbonyl (C=O) groups excluding carboxylic acids is 2. The molecule has 0 bridgehead atoms. The molecule has 5 nitrogen and oxygen atoms in total. The normalized spacial score (nSPS) is 25.7. The number of rotatable bonds is 4. The largest absolute Gasteiger partial charge is 0.462 e. The van der Waals surface area contributed by atoms with Crippen LogP contribution in [0.3, 0.4) is 0 Å². The molecule has 1 saturated carbocycles. The minimum absolute atomic E-state index is 0.0533. The van der Waals surface area contributed by atoms with Crippen LogP contribution in [-0.4, -0.2) is 36.6 Å². The zero-order chi connectivity index (χ0) is 16.1. The van der Waals surface area contributed by atoms with Crippen molar-refractivity contribution >= 4 is 11.9 Å². The number of carbonyl (C=O) groups is 2. The lowest BCUT2D eigenvalue weighted by Crippen LogP contribution is -2.59. The van der Waals surface area contributed by atoms with E-state index >= 15 is 0 Å². The van der Waals surface area contributed by atoms with Crippen LogP contribution in [0, 0.1) is 0 Å². The zero-order valence-corrected chi connectivity index (χ0v) is 13.3. The fourth-order valence-electron chi connectivity index (χ4n) is 3.32. The highest BCUT2D eigenvalue weighted by atomic mass is 16.5. The Balaban J connectivity index is 1.56. The maximum atomic E-state index is 12.4. The Morgan fingerprint density at radius 3 is 2.65 bits per heavy atom. The molecule has 1 heterocycles. The van der Waals surface area contributed by atoms with Crippen LogP contribution in [0.25, 0.3) is 0 Å². The van der Waals surface area contributed by atoms with Crippen LogP contribution in [-0.2, 0) is 20.7 Å². The van der Waals surface area contributed by atoms with E-state index < -0.39 is 12.1 Å². The third kappa shape index (κ3) is 4.32. The molecule has 1 aromatic carbocycles. The maximum absolute atomic E-state index is 12.4. The van der Waals surface area contributed by atoms with Crippen molar-refractivity contribution in [1.29, 1.82) is 0 Å². The Morgan fingerprint density at radius 2 is 1.91 bits per heavy atom. The van der Waals surface area contributed by atoms with Crippen molar-refractivity contribution in [2.45, 2.75) is 56.7 Å². The lowest BCUT2D eigenvalue weighted by molar-refractivity contribution is -0.153. The molecule has 23 heavy (non-hydrogen) atoms. The number of ether oxygens (including phenoxy) is 1. The van der Waals surface area contributed by atoms with E-state index in [0.717, 1.165) is 18.4 Å². The Labute approximate surface area is 136 Å². The first-order chi connectivity index (χ1) is 11.2. The molecule has 2 aliphatic rings. The van der Waals surface area contributed by atoms with Crippen LogP contribution in [0.15, 0.2) is 30.3 Å². The standard InChI is InChI=1S/C18H24N2O3/c21-17(19-14-9-5-2-6-10-14)16-12-23-18(22)15(20-16)11-13-7-3-1-4-8-13/h1,3-4,7-8,14-16,20H,2,5-6,9-12H2,(H,19,21). The van der Waals surface area contributed by atoms with Gasteiger partial charge in [0.1, 0.15) is 18.7 Å².